The maximum atomic E-state index is 12.0. The minimum absolute atomic E-state index is 0.0979. The molecular formula is C18H16N2O3. The monoisotopic (exact) mass is 308 g/mol. The third-order valence-electron chi connectivity index (χ3n) is 3.51. The van der Waals surface area contributed by atoms with Gasteiger partial charge >= 0.3 is 0 Å². The molecule has 5 heteroatoms. The Morgan fingerprint density at radius 1 is 1.17 bits per heavy atom. The van der Waals surface area contributed by atoms with E-state index in [9.17, 15) is 9.59 Å². The van der Waals surface area contributed by atoms with E-state index in [2.05, 4.69) is 4.98 Å². The lowest BCUT2D eigenvalue weighted by Gasteiger charge is -2.07. The Labute approximate surface area is 133 Å². The Morgan fingerprint density at radius 2 is 1.96 bits per heavy atom. The highest BCUT2D eigenvalue weighted by Crippen LogP contribution is 2.14. The highest BCUT2D eigenvalue weighted by atomic mass is 16.5. The molecule has 23 heavy (non-hydrogen) atoms. The number of ether oxygens (including phenoxy) is 1. The second-order valence-electron chi connectivity index (χ2n) is 5.10. The van der Waals surface area contributed by atoms with Crippen LogP contribution < -0.4 is 10.3 Å². The van der Waals surface area contributed by atoms with Crippen LogP contribution in [-0.2, 0) is 6.61 Å². The molecule has 0 aliphatic heterocycles. The van der Waals surface area contributed by atoms with Crippen LogP contribution in [0.1, 0.15) is 29.4 Å². The first-order valence-electron chi connectivity index (χ1n) is 7.41. The zero-order chi connectivity index (χ0) is 16.2. The second-order valence-corrected chi connectivity index (χ2v) is 5.10. The van der Waals surface area contributed by atoms with Crippen LogP contribution in [0.3, 0.4) is 0 Å². The van der Waals surface area contributed by atoms with Gasteiger partial charge in [0.25, 0.3) is 5.56 Å². The van der Waals surface area contributed by atoms with Crippen LogP contribution in [-0.4, -0.2) is 15.2 Å². The van der Waals surface area contributed by atoms with Crippen molar-refractivity contribution in [1.82, 2.24) is 9.38 Å². The molecule has 0 aliphatic carbocycles. The van der Waals surface area contributed by atoms with Gasteiger partial charge in [-0.3, -0.25) is 14.0 Å². The van der Waals surface area contributed by atoms with Crippen LogP contribution in [0, 0.1) is 0 Å². The first kappa shape index (κ1) is 15.0. The van der Waals surface area contributed by atoms with E-state index in [1.54, 1.807) is 42.6 Å². The van der Waals surface area contributed by atoms with Crippen LogP contribution in [0.25, 0.3) is 5.65 Å². The number of ketones is 1. The summed E-state index contributed by atoms with van der Waals surface area (Å²) in [4.78, 5) is 28.0. The molecule has 3 rings (SSSR count). The van der Waals surface area contributed by atoms with E-state index in [1.807, 2.05) is 13.0 Å². The summed E-state index contributed by atoms with van der Waals surface area (Å²) in [6, 6.07) is 13.8. The van der Waals surface area contributed by atoms with Gasteiger partial charge in [-0.1, -0.05) is 13.0 Å². The lowest BCUT2D eigenvalue weighted by atomic mass is 10.1. The Balaban J connectivity index is 1.75. The quantitative estimate of drug-likeness (QED) is 0.680. The molecule has 0 atom stereocenters. The molecule has 0 bridgehead atoms. The van der Waals surface area contributed by atoms with Gasteiger partial charge in [0.15, 0.2) is 5.78 Å². The van der Waals surface area contributed by atoms with Gasteiger partial charge in [-0.2, -0.15) is 0 Å². The van der Waals surface area contributed by atoms with Gasteiger partial charge in [-0.05, 0) is 36.4 Å². The van der Waals surface area contributed by atoms with E-state index in [-0.39, 0.29) is 17.9 Å². The van der Waals surface area contributed by atoms with Gasteiger partial charge in [0.05, 0.1) is 5.69 Å². The second kappa shape index (κ2) is 6.44. The molecular weight excluding hydrogens is 292 g/mol. The van der Waals surface area contributed by atoms with Gasteiger partial charge < -0.3 is 4.74 Å². The summed E-state index contributed by atoms with van der Waals surface area (Å²) in [5, 5.41) is 0. The third kappa shape index (κ3) is 3.29. The molecule has 0 spiro atoms. The molecule has 0 fully saturated rings. The van der Waals surface area contributed by atoms with Crippen molar-refractivity contribution < 1.29 is 9.53 Å². The molecule has 0 radical (unpaired) electrons. The number of hydrogen-bond donors (Lipinski definition) is 0. The van der Waals surface area contributed by atoms with Crippen molar-refractivity contribution in [3.05, 3.63) is 76.3 Å². The van der Waals surface area contributed by atoms with E-state index in [0.717, 1.165) is 0 Å². The van der Waals surface area contributed by atoms with Crippen LogP contribution in [0.2, 0.25) is 0 Å². The van der Waals surface area contributed by atoms with Crippen LogP contribution in [0.15, 0.2) is 59.5 Å². The number of carbonyl (C=O) groups excluding carboxylic acids is 1. The molecule has 0 amide bonds. The number of fused-ring (bicyclic) bond motifs is 1. The van der Waals surface area contributed by atoms with Gasteiger partial charge in [0.2, 0.25) is 0 Å². The topological polar surface area (TPSA) is 60.7 Å². The molecule has 3 aromatic rings. The lowest BCUT2D eigenvalue weighted by Crippen LogP contribution is -2.16. The summed E-state index contributed by atoms with van der Waals surface area (Å²) >= 11 is 0. The lowest BCUT2D eigenvalue weighted by molar-refractivity contribution is 0.0988. The van der Waals surface area contributed by atoms with Crippen molar-refractivity contribution >= 4 is 11.4 Å². The van der Waals surface area contributed by atoms with E-state index in [0.29, 0.717) is 29.1 Å². The number of aromatic nitrogens is 2. The fraction of sp³-hybridized carbons (Fsp3) is 0.167. The number of pyridine rings is 1. The molecule has 0 saturated carbocycles. The van der Waals surface area contributed by atoms with Crippen molar-refractivity contribution in [2.75, 3.05) is 0 Å². The van der Waals surface area contributed by atoms with Crippen molar-refractivity contribution in [1.29, 1.82) is 0 Å². The van der Waals surface area contributed by atoms with E-state index in [4.69, 9.17) is 4.74 Å². The minimum atomic E-state index is -0.141. The summed E-state index contributed by atoms with van der Waals surface area (Å²) in [6.07, 6.45) is 2.16. The normalized spacial score (nSPS) is 10.7. The first-order valence-corrected chi connectivity index (χ1v) is 7.41. The largest absolute Gasteiger partial charge is 0.487 e. The molecule has 0 saturated heterocycles. The van der Waals surface area contributed by atoms with E-state index >= 15 is 0 Å². The van der Waals surface area contributed by atoms with Gasteiger partial charge in [0.1, 0.15) is 18.0 Å². The van der Waals surface area contributed by atoms with Gasteiger partial charge in [-0.15, -0.1) is 0 Å². The molecule has 2 aromatic heterocycles. The number of Topliss-reactive ketones (excluding diaryl/α,β-unsaturated/α-hetero) is 1. The molecule has 2 heterocycles. The summed E-state index contributed by atoms with van der Waals surface area (Å²) in [5.41, 5.74) is 1.68. The van der Waals surface area contributed by atoms with Crippen molar-refractivity contribution in [3.8, 4) is 5.75 Å². The maximum absolute atomic E-state index is 12.0. The summed E-state index contributed by atoms with van der Waals surface area (Å²) in [7, 11) is 0. The highest BCUT2D eigenvalue weighted by molar-refractivity contribution is 5.95. The molecule has 5 nitrogen and oxygen atoms in total. The zero-order valence-electron chi connectivity index (χ0n) is 12.7. The molecule has 116 valence electrons. The molecule has 1 aromatic carbocycles. The summed E-state index contributed by atoms with van der Waals surface area (Å²) in [6.45, 7) is 2.03. The highest BCUT2D eigenvalue weighted by Gasteiger charge is 2.05. The molecule has 0 unspecified atom stereocenters. The van der Waals surface area contributed by atoms with E-state index < -0.39 is 0 Å². The fourth-order valence-corrected chi connectivity index (χ4v) is 2.28. The van der Waals surface area contributed by atoms with E-state index in [1.165, 1.54) is 10.5 Å². The predicted molar refractivity (Wildman–Crippen MR) is 86.9 cm³/mol. The van der Waals surface area contributed by atoms with Crippen molar-refractivity contribution in [2.24, 2.45) is 0 Å². The number of carbonyl (C=O) groups is 1. The number of nitrogens with zero attached hydrogens (tertiary/aromatic N) is 2. The van der Waals surface area contributed by atoms with Crippen molar-refractivity contribution in [3.63, 3.8) is 0 Å². The average molecular weight is 308 g/mol. The van der Waals surface area contributed by atoms with Crippen LogP contribution >= 0.6 is 0 Å². The zero-order valence-corrected chi connectivity index (χ0v) is 12.7. The minimum Gasteiger partial charge on any atom is -0.487 e. The number of rotatable bonds is 5. The summed E-state index contributed by atoms with van der Waals surface area (Å²) < 4.78 is 7.12. The average Bonchev–Trinajstić information content (AvgIpc) is 2.60. The standard InChI is InChI=1S/C18H16N2O3/c1-2-16(21)13-6-8-15(9-7-13)23-12-14-11-18(22)20-10-4-3-5-17(20)19-14/h3-11H,2,12H2,1H3. The first-order chi connectivity index (χ1) is 11.2. The van der Waals surface area contributed by atoms with Crippen LogP contribution in [0.5, 0.6) is 5.75 Å². The molecule has 0 aliphatic rings. The predicted octanol–water partition coefficient (Wildman–Crippen LogP) is 2.87. The van der Waals surface area contributed by atoms with Gasteiger partial charge in [-0.25, -0.2) is 4.98 Å². The number of benzene rings is 1. The smallest absolute Gasteiger partial charge is 0.258 e. The Kier molecular flexibility index (Phi) is 4.19. The van der Waals surface area contributed by atoms with Gasteiger partial charge in [0, 0.05) is 24.2 Å². The summed E-state index contributed by atoms with van der Waals surface area (Å²) in [5.74, 6) is 0.730. The Morgan fingerprint density at radius 3 is 2.70 bits per heavy atom. The Hall–Kier alpha value is -2.95. The number of hydrogen-bond acceptors (Lipinski definition) is 4. The Bertz CT molecular complexity index is 898. The fourth-order valence-electron chi connectivity index (χ4n) is 2.28. The van der Waals surface area contributed by atoms with Crippen molar-refractivity contribution in [2.45, 2.75) is 20.0 Å². The third-order valence-corrected chi connectivity index (χ3v) is 3.51. The SMILES string of the molecule is CCC(=O)c1ccc(OCc2cc(=O)n3ccccc3n2)cc1. The maximum Gasteiger partial charge on any atom is 0.258 e. The van der Waals surface area contributed by atoms with Crippen LogP contribution in [0.4, 0.5) is 0 Å². The molecule has 0 N–H and O–H groups in total.